The first-order chi connectivity index (χ1) is 11.0. The molecule has 0 saturated carbocycles. The van der Waals surface area contributed by atoms with Crippen LogP contribution in [0.2, 0.25) is 0 Å². The minimum Gasteiger partial charge on any atom is -0.505 e. The van der Waals surface area contributed by atoms with Crippen LogP contribution in [0.15, 0.2) is 36.5 Å². The fraction of sp³-hybridized carbons (Fsp3) is 0. The standard InChI is InChI=1S/C16H7F2N3O2/c1-19-13-7-20-10-4-2-8(6-11(10)21-13)16(23)14-9(17)3-5-12(22)15(14)18/h2-7,22H. The lowest BCUT2D eigenvalue weighted by Crippen LogP contribution is -2.08. The first kappa shape index (κ1) is 14.5. The lowest BCUT2D eigenvalue weighted by Gasteiger charge is -2.06. The lowest BCUT2D eigenvalue weighted by molar-refractivity contribution is 0.103. The maximum Gasteiger partial charge on any atom is 0.288 e. The molecule has 3 rings (SSSR count). The highest BCUT2D eigenvalue weighted by Crippen LogP contribution is 2.25. The van der Waals surface area contributed by atoms with Crippen LogP contribution >= 0.6 is 0 Å². The zero-order valence-corrected chi connectivity index (χ0v) is 11.4. The summed E-state index contributed by atoms with van der Waals surface area (Å²) in [7, 11) is 0. The first-order valence-corrected chi connectivity index (χ1v) is 6.37. The quantitative estimate of drug-likeness (QED) is 0.582. The van der Waals surface area contributed by atoms with Crippen LogP contribution in [0.5, 0.6) is 5.75 Å². The molecular formula is C16H7F2N3O2. The van der Waals surface area contributed by atoms with Crippen LogP contribution in [0.1, 0.15) is 15.9 Å². The lowest BCUT2D eigenvalue weighted by atomic mass is 10.0. The van der Waals surface area contributed by atoms with E-state index in [-0.39, 0.29) is 16.9 Å². The van der Waals surface area contributed by atoms with Gasteiger partial charge in [0.25, 0.3) is 5.82 Å². The Hall–Kier alpha value is -3.40. The average molecular weight is 311 g/mol. The summed E-state index contributed by atoms with van der Waals surface area (Å²) in [5.74, 6) is -4.11. The van der Waals surface area contributed by atoms with Gasteiger partial charge in [-0.25, -0.2) is 8.78 Å². The van der Waals surface area contributed by atoms with E-state index in [4.69, 9.17) is 6.57 Å². The molecular weight excluding hydrogens is 304 g/mol. The molecule has 0 atom stereocenters. The molecule has 7 heteroatoms. The molecule has 112 valence electrons. The third-order valence-corrected chi connectivity index (χ3v) is 3.20. The molecule has 0 amide bonds. The third-order valence-electron chi connectivity index (χ3n) is 3.20. The predicted octanol–water partition coefficient (Wildman–Crippen LogP) is 3.40. The number of phenolic OH excluding ortho intramolecular Hbond substituents is 1. The van der Waals surface area contributed by atoms with Gasteiger partial charge in [-0.3, -0.25) is 9.78 Å². The molecule has 1 N–H and O–H groups in total. The van der Waals surface area contributed by atoms with Gasteiger partial charge in [0.1, 0.15) is 11.3 Å². The van der Waals surface area contributed by atoms with Crippen LogP contribution in [0.4, 0.5) is 14.6 Å². The SMILES string of the molecule is [C-]#[N+]c1cnc2ccc(C(=O)c3c(F)ccc(O)c3F)cc2n1. The monoisotopic (exact) mass is 311 g/mol. The van der Waals surface area contributed by atoms with Crippen molar-refractivity contribution in [2.75, 3.05) is 0 Å². The van der Waals surface area contributed by atoms with Gasteiger partial charge in [0.2, 0.25) is 0 Å². The minimum absolute atomic E-state index is 0.0302. The Morgan fingerprint density at radius 2 is 1.96 bits per heavy atom. The molecule has 0 unspecified atom stereocenters. The van der Waals surface area contributed by atoms with Crippen molar-refractivity contribution in [1.29, 1.82) is 0 Å². The van der Waals surface area contributed by atoms with Crippen molar-refractivity contribution >= 4 is 22.6 Å². The Bertz CT molecular complexity index is 997. The summed E-state index contributed by atoms with van der Waals surface area (Å²) < 4.78 is 27.6. The van der Waals surface area contributed by atoms with E-state index < -0.39 is 28.7 Å². The number of aromatic hydroxyl groups is 1. The number of ketones is 1. The van der Waals surface area contributed by atoms with E-state index in [2.05, 4.69) is 14.8 Å². The first-order valence-electron chi connectivity index (χ1n) is 6.37. The maximum atomic E-state index is 13.9. The van der Waals surface area contributed by atoms with Crippen molar-refractivity contribution < 1.29 is 18.7 Å². The molecule has 0 saturated heterocycles. The van der Waals surface area contributed by atoms with Gasteiger partial charge in [-0.1, -0.05) is 6.57 Å². The summed E-state index contributed by atoms with van der Waals surface area (Å²) in [6.07, 6.45) is 1.28. The van der Waals surface area contributed by atoms with Crippen LogP contribution in [-0.4, -0.2) is 20.9 Å². The Kier molecular flexibility index (Phi) is 3.43. The molecule has 1 heterocycles. The largest absolute Gasteiger partial charge is 0.505 e. The fourth-order valence-corrected chi connectivity index (χ4v) is 2.09. The molecule has 0 aliphatic carbocycles. The van der Waals surface area contributed by atoms with E-state index in [9.17, 15) is 18.7 Å². The maximum absolute atomic E-state index is 13.9. The Balaban J connectivity index is 2.15. The Morgan fingerprint density at radius 1 is 1.17 bits per heavy atom. The number of halogens is 2. The number of benzene rings is 2. The third kappa shape index (κ3) is 2.46. The summed E-state index contributed by atoms with van der Waals surface area (Å²) in [6, 6.07) is 5.74. The number of nitrogens with zero attached hydrogens (tertiary/aromatic N) is 3. The predicted molar refractivity (Wildman–Crippen MR) is 77.3 cm³/mol. The second kappa shape index (κ2) is 5.42. The smallest absolute Gasteiger partial charge is 0.288 e. The zero-order chi connectivity index (χ0) is 16.6. The van der Waals surface area contributed by atoms with E-state index >= 15 is 0 Å². The molecule has 0 bridgehead atoms. The van der Waals surface area contributed by atoms with Gasteiger partial charge in [-0.15, -0.1) is 4.98 Å². The van der Waals surface area contributed by atoms with Gasteiger partial charge < -0.3 is 9.95 Å². The summed E-state index contributed by atoms with van der Waals surface area (Å²) in [4.78, 5) is 23.5. The minimum atomic E-state index is -1.32. The Labute approximate surface area is 128 Å². The molecule has 0 spiro atoms. The molecule has 23 heavy (non-hydrogen) atoms. The summed E-state index contributed by atoms with van der Waals surface area (Å²) in [5, 5.41) is 9.31. The molecule has 1 aromatic heterocycles. The van der Waals surface area contributed by atoms with Crippen LogP contribution in [0, 0.1) is 18.2 Å². The van der Waals surface area contributed by atoms with Crippen LogP contribution in [-0.2, 0) is 0 Å². The number of aromatic nitrogens is 2. The van der Waals surface area contributed by atoms with Crippen molar-refractivity contribution in [1.82, 2.24) is 9.97 Å². The number of rotatable bonds is 2. The number of fused-ring (bicyclic) bond motifs is 1. The van der Waals surface area contributed by atoms with Gasteiger partial charge in [-0.2, -0.15) is 0 Å². The average Bonchev–Trinajstić information content (AvgIpc) is 2.57. The van der Waals surface area contributed by atoms with Crippen molar-refractivity contribution in [3.05, 3.63) is 70.7 Å². The molecule has 0 aliphatic heterocycles. The topological polar surface area (TPSA) is 67.4 Å². The number of hydrogen-bond donors (Lipinski definition) is 1. The van der Waals surface area contributed by atoms with Gasteiger partial charge in [0.15, 0.2) is 22.9 Å². The molecule has 0 radical (unpaired) electrons. The van der Waals surface area contributed by atoms with E-state index in [1.807, 2.05) is 0 Å². The Morgan fingerprint density at radius 3 is 2.70 bits per heavy atom. The summed E-state index contributed by atoms with van der Waals surface area (Å²) >= 11 is 0. The molecule has 2 aromatic carbocycles. The number of hydrogen-bond acceptors (Lipinski definition) is 4. The fourth-order valence-electron chi connectivity index (χ4n) is 2.09. The van der Waals surface area contributed by atoms with E-state index in [0.29, 0.717) is 5.52 Å². The second-order valence-electron chi connectivity index (χ2n) is 4.63. The van der Waals surface area contributed by atoms with Gasteiger partial charge in [-0.05, 0) is 24.3 Å². The normalized spacial score (nSPS) is 10.5. The van der Waals surface area contributed by atoms with Crippen LogP contribution < -0.4 is 0 Å². The van der Waals surface area contributed by atoms with E-state index in [1.54, 1.807) is 0 Å². The number of carbonyl (C=O) groups excluding carboxylic acids is 1. The highest BCUT2D eigenvalue weighted by atomic mass is 19.1. The van der Waals surface area contributed by atoms with Gasteiger partial charge >= 0.3 is 0 Å². The van der Waals surface area contributed by atoms with Crippen molar-refractivity contribution in [3.8, 4) is 5.75 Å². The summed E-state index contributed by atoms with van der Waals surface area (Å²) in [6.45, 7) is 6.90. The van der Waals surface area contributed by atoms with Crippen molar-refractivity contribution in [3.63, 3.8) is 0 Å². The zero-order valence-electron chi connectivity index (χ0n) is 11.4. The molecule has 3 aromatic rings. The molecule has 5 nitrogen and oxygen atoms in total. The van der Waals surface area contributed by atoms with Gasteiger partial charge in [0.05, 0.1) is 11.8 Å². The number of carbonyl (C=O) groups is 1. The number of phenols is 1. The highest BCUT2D eigenvalue weighted by molar-refractivity contribution is 6.10. The van der Waals surface area contributed by atoms with Crippen LogP contribution in [0.25, 0.3) is 15.9 Å². The van der Waals surface area contributed by atoms with E-state index in [1.165, 1.54) is 24.4 Å². The molecule has 0 aliphatic rings. The van der Waals surface area contributed by atoms with Gasteiger partial charge in [0, 0.05) is 11.6 Å². The summed E-state index contributed by atoms with van der Waals surface area (Å²) in [5.41, 5.74) is -0.188. The highest BCUT2D eigenvalue weighted by Gasteiger charge is 2.22. The van der Waals surface area contributed by atoms with Crippen molar-refractivity contribution in [2.45, 2.75) is 0 Å². The van der Waals surface area contributed by atoms with E-state index in [0.717, 1.165) is 12.1 Å². The van der Waals surface area contributed by atoms with Crippen LogP contribution in [0.3, 0.4) is 0 Å². The molecule has 0 fully saturated rings. The second-order valence-corrected chi connectivity index (χ2v) is 4.63. The van der Waals surface area contributed by atoms with Crippen molar-refractivity contribution in [2.24, 2.45) is 0 Å².